The minimum Gasteiger partial charge on any atom is -0.352 e. The summed E-state index contributed by atoms with van der Waals surface area (Å²) in [6.07, 6.45) is 5.48. The van der Waals surface area contributed by atoms with Gasteiger partial charge >= 0.3 is 0 Å². The molecule has 0 spiro atoms. The van der Waals surface area contributed by atoms with Crippen molar-refractivity contribution in [3.05, 3.63) is 0 Å². The minimum atomic E-state index is -0.711. The first-order valence-corrected chi connectivity index (χ1v) is 6.09. The van der Waals surface area contributed by atoms with E-state index in [1.165, 1.54) is 12.8 Å². The minimum absolute atomic E-state index is 0.00231. The molecule has 3 N–H and O–H groups in total. The van der Waals surface area contributed by atoms with Crippen LogP contribution in [0.1, 0.15) is 52.9 Å². The molecule has 0 heterocycles. The highest BCUT2D eigenvalue weighted by molar-refractivity contribution is 5.85. The van der Waals surface area contributed by atoms with E-state index in [9.17, 15) is 4.79 Å². The number of nitrogens with one attached hydrogen (secondary N) is 1. The monoisotopic (exact) mass is 212 g/mol. The Morgan fingerprint density at radius 1 is 1.53 bits per heavy atom. The second-order valence-electron chi connectivity index (χ2n) is 5.03. The molecule has 0 aromatic rings. The van der Waals surface area contributed by atoms with Crippen molar-refractivity contribution >= 4 is 5.91 Å². The van der Waals surface area contributed by atoms with Gasteiger partial charge in [-0.05, 0) is 32.1 Å². The average Bonchev–Trinajstić information content (AvgIpc) is 3.00. The molecule has 1 aliphatic rings. The zero-order valence-corrected chi connectivity index (χ0v) is 10.2. The number of carbonyl (C=O) groups is 1. The Kier molecular flexibility index (Phi) is 4.14. The van der Waals surface area contributed by atoms with Crippen LogP contribution < -0.4 is 11.1 Å². The topological polar surface area (TPSA) is 55.1 Å². The van der Waals surface area contributed by atoms with Crippen LogP contribution in [-0.2, 0) is 4.79 Å². The molecule has 2 atom stereocenters. The van der Waals surface area contributed by atoms with Crippen molar-refractivity contribution in [1.29, 1.82) is 0 Å². The SMILES string of the molecule is CCC(CC1CC1)NC(=O)C(C)(N)CC. The molecule has 0 radical (unpaired) electrons. The highest BCUT2D eigenvalue weighted by Crippen LogP contribution is 2.34. The molecular weight excluding hydrogens is 188 g/mol. The molecule has 0 bridgehead atoms. The van der Waals surface area contributed by atoms with Gasteiger partial charge in [-0.1, -0.05) is 26.7 Å². The predicted molar refractivity (Wildman–Crippen MR) is 62.4 cm³/mol. The standard InChI is InChI=1S/C12H24N2O/c1-4-10(8-9-6-7-9)14-11(15)12(3,13)5-2/h9-10H,4-8,13H2,1-3H3,(H,14,15). The first kappa shape index (κ1) is 12.5. The lowest BCUT2D eigenvalue weighted by Gasteiger charge is -2.25. The summed E-state index contributed by atoms with van der Waals surface area (Å²) in [6.45, 7) is 5.86. The van der Waals surface area contributed by atoms with Gasteiger partial charge in [0.2, 0.25) is 5.91 Å². The smallest absolute Gasteiger partial charge is 0.239 e. The van der Waals surface area contributed by atoms with Crippen molar-refractivity contribution in [2.45, 2.75) is 64.5 Å². The Labute approximate surface area is 92.8 Å². The van der Waals surface area contributed by atoms with E-state index in [2.05, 4.69) is 12.2 Å². The zero-order valence-electron chi connectivity index (χ0n) is 10.2. The van der Waals surface area contributed by atoms with Crippen LogP contribution in [0.2, 0.25) is 0 Å². The summed E-state index contributed by atoms with van der Waals surface area (Å²) in [4.78, 5) is 11.8. The molecule has 3 nitrogen and oxygen atoms in total. The fourth-order valence-electron chi connectivity index (χ4n) is 1.59. The summed E-state index contributed by atoms with van der Waals surface area (Å²) in [5.74, 6) is 0.846. The third-order valence-corrected chi connectivity index (χ3v) is 3.40. The molecular formula is C12H24N2O. The molecule has 1 rings (SSSR count). The maximum Gasteiger partial charge on any atom is 0.239 e. The van der Waals surface area contributed by atoms with Gasteiger partial charge in [0.05, 0.1) is 5.54 Å². The van der Waals surface area contributed by atoms with E-state index in [0.717, 1.165) is 18.8 Å². The lowest BCUT2D eigenvalue weighted by atomic mass is 9.98. The number of carbonyl (C=O) groups excluding carboxylic acids is 1. The molecule has 0 aliphatic heterocycles. The summed E-state index contributed by atoms with van der Waals surface area (Å²) >= 11 is 0. The third-order valence-electron chi connectivity index (χ3n) is 3.40. The van der Waals surface area contributed by atoms with Gasteiger partial charge in [-0.15, -0.1) is 0 Å². The van der Waals surface area contributed by atoms with Gasteiger partial charge in [-0.3, -0.25) is 4.79 Å². The number of nitrogens with two attached hydrogens (primary N) is 1. The van der Waals surface area contributed by atoms with Gasteiger partial charge in [0.1, 0.15) is 0 Å². The van der Waals surface area contributed by atoms with E-state index < -0.39 is 5.54 Å². The van der Waals surface area contributed by atoms with E-state index >= 15 is 0 Å². The van der Waals surface area contributed by atoms with E-state index in [4.69, 9.17) is 5.73 Å². The molecule has 1 aliphatic carbocycles. The Morgan fingerprint density at radius 2 is 2.13 bits per heavy atom. The van der Waals surface area contributed by atoms with Crippen molar-refractivity contribution in [1.82, 2.24) is 5.32 Å². The second-order valence-corrected chi connectivity index (χ2v) is 5.03. The van der Waals surface area contributed by atoms with E-state index in [1.54, 1.807) is 6.92 Å². The van der Waals surface area contributed by atoms with E-state index in [1.807, 2.05) is 6.92 Å². The van der Waals surface area contributed by atoms with Crippen LogP contribution in [0.25, 0.3) is 0 Å². The van der Waals surface area contributed by atoms with Crippen LogP contribution in [0.15, 0.2) is 0 Å². The van der Waals surface area contributed by atoms with E-state index in [0.29, 0.717) is 12.5 Å². The summed E-state index contributed by atoms with van der Waals surface area (Å²) in [6, 6.07) is 0.319. The van der Waals surface area contributed by atoms with Crippen LogP contribution in [-0.4, -0.2) is 17.5 Å². The zero-order chi connectivity index (χ0) is 11.5. The number of hydrogen-bond donors (Lipinski definition) is 2. The van der Waals surface area contributed by atoms with Crippen molar-refractivity contribution < 1.29 is 4.79 Å². The molecule has 1 fully saturated rings. The maximum atomic E-state index is 11.8. The first-order valence-electron chi connectivity index (χ1n) is 6.09. The Morgan fingerprint density at radius 3 is 2.53 bits per heavy atom. The molecule has 0 aromatic carbocycles. The van der Waals surface area contributed by atoms with Crippen LogP contribution in [0.3, 0.4) is 0 Å². The van der Waals surface area contributed by atoms with Gasteiger partial charge in [-0.25, -0.2) is 0 Å². The number of hydrogen-bond acceptors (Lipinski definition) is 2. The van der Waals surface area contributed by atoms with Crippen molar-refractivity contribution in [2.75, 3.05) is 0 Å². The van der Waals surface area contributed by atoms with E-state index in [-0.39, 0.29) is 5.91 Å². The Hall–Kier alpha value is -0.570. The van der Waals surface area contributed by atoms with Crippen LogP contribution in [0.5, 0.6) is 0 Å². The summed E-state index contributed by atoms with van der Waals surface area (Å²) in [5.41, 5.74) is 5.19. The highest BCUT2D eigenvalue weighted by atomic mass is 16.2. The third kappa shape index (κ3) is 3.82. The second kappa shape index (κ2) is 4.97. The maximum absolute atomic E-state index is 11.8. The van der Waals surface area contributed by atoms with Crippen LogP contribution >= 0.6 is 0 Å². The van der Waals surface area contributed by atoms with Gasteiger partial charge in [0.25, 0.3) is 0 Å². The molecule has 2 unspecified atom stereocenters. The average molecular weight is 212 g/mol. The summed E-state index contributed by atoms with van der Waals surface area (Å²) in [7, 11) is 0. The van der Waals surface area contributed by atoms with Crippen molar-refractivity contribution in [2.24, 2.45) is 11.7 Å². The molecule has 15 heavy (non-hydrogen) atoms. The summed E-state index contributed by atoms with van der Waals surface area (Å²) in [5, 5.41) is 3.07. The fraction of sp³-hybridized carbons (Fsp3) is 0.917. The van der Waals surface area contributed by atoms with Crippen molar-refractivity contribution in [3.63, 3.8) is 0 Å². The van der Waals surface area contributed by atoms with Gasteiger partial charge in [0.15, 0.2) is 0 Å². The quantitative estimate of drug-likeness (QED) is 0.705. The fourth-order valence-corrected chi connectivity index (χ4v) is 1.59. The molecule has 0 saturated heterocycles. The normalized spacial score (nSPS) is 21.9. The Bertz CT molecular complexity index is 222. The lowest BCUT2D eigenvalue weighted by molar-refractivity contribution is -0.126. The molecule has 0 aromatic heterocycles. The van der Waals surface area contributed by atoms with Gasteiger partial charge in [0, 0.05) is 6.04 Å². The lowest BCUT2D eigenvalue weighted by Crippen LogP contribution is -2.53. The van der Waals surface area contributed by atoms with Crippen LogP contribution in [0, 0.1) is 5.92 Å². The molecule has 3 heteroatoms. The molecule has 1 saturated carbocycles. The molecule has 88 valence electrons. The summed E-state index contributed by atoms with van der Waals surface area (Å²) < 4.78 is 0. The first-order chi connectivity index (χ1) is 6.99. The largest absolute Gasteiger partial charge is 0.352 e. The van der Waals surface area contributed by atoms with Gasteiger partial charge < -0.3 is 11.1 Å². The van der Waals surface area contributed by atoms with Gasteiger partial charge in [-0.2, -0.15) is 0 Å². The predicted octanol–water partition coefficient (Wildman–Crippen LogP) is 1.81. The number of amides is 1. The Balaban J connectivity index is 2.39. The van der Waals surface area contributed by atoms with Crippen molar-refractivity contribution in [3.8, 4) is 0 Å². The van der Waals surface area contributed by atoms with Crippen LogP contribution in [0.4, 0.5) is 0 Å². The molecule has 1 amide bonds. The number of rotatable bonds is 6. The highest BCUT2D eigenvalue weighted by Gasteiger charge is 2.30.